The Morgan fingerprint density at radius 3 is 2.59 bits per heavy atom. The van der Waals surface area contributed by atoms with Crippen LogP contribution < -0.4 is 4.74 Å². The molecule has 1 fully saturated rings. The van der Waals surface area contributed by atoms with Crippen molar-refractivity contribution in [3.63, 3.8) is 0 Å². The summed E-state index contributed by atoms with van der Waals surface area (Å²) in [4.78, 5) is 18.2. The summed E-state index contributed by atoms with van der Waals surface area (Å²) in [7, 11) is 1.41. The summed E-state index contributed by atoms with van der Waals surface area (Å²) < 4.78 is 29.6. The van der Waals surface area contributed by atoms with E-state index in [1.165, 1.54) is 19.2 Å². The number of hydrogen-bond acceptors (Lipinski definition) is 6. The first-order valence-electron chi connectivity index (χ1n) is 8.92. The molecule has 27 heavy (non-hydrogen) atoms. The number of nitrogens with zero attached hydrogens (tertiary/aromatic N) is 3. The van der Waals surface area contributed by atoms with Gasteiger partial charge in [-0.25, -0.2) is 9.18 Å². The summed E-state index contributed by atoms with van der Waals surface area (Å²) in [6, 6.07) is 4.53. The highest BCUT2D eigenvalue weighted by Gasteiger charge is 2.30. The van der Waals surface area contributed by atoms with Crippen LogP contribution in [-0.2, 0) is 4.74 Å². The smallest absolute Gasteiger partial charge is 0.410 e. The van der Waals surface area contributed by atoms with Gasteiger partial charge in [0.25, 0.3) is 0 Å². The van der Waals surface area contributed by atoms with E-state index in [-0.39, 0.29) is 17.8 Å². The third-order valence-electron chi connectivity index (χ3n) is 4.35. The average Bonchev–Trinajstić information content (AvgIpc) is 3.10. The molecule has 1 amide bonds. The molecule has 8 heteroatoms. The van der Waals surface area contributed by atoms with Crippen LogP contribution in [0.2, 0.25) is 0 Å². The molecule has 0 spiro atoms. The van der Waals surface area contributed by atoms with Crippen molar-refractivity contribution in [2.75, 3.05) is 20.2 Å². The van der Waals surface area contributed by atoms with E-state index in [2.05, 4.69) is 10.1 Å². The molecule has 0 N–H and O–H groups in total. The Hall–Kier alpha value is -2.64. The van der Waals surface area contributed by atoms with Gasteiger partial charge in [-0.1, -0.05) is 5.16 Å². The highest BCUT2D eigenvalue weighted by atomic mass is 19.1. The Kier molecular flexibility index (Phi) is 5.34. The van der Waals surface area contributed by atoms with Crippen LogP contribution in [0.1, 0.15) is 45.4 Å². The number of carbonyl (C=O) groups excluding carboxylic acids is 1. The molecule has 2 aromatic rings. The van der Waals surface area contributed by atoms with Crippen molar-refractivity contribution < 1.29 is 23.2 Å². The fourth-order valence-electron chi connectivity index (χ4n) is 2.96. The number of rotatable bonds is 3. The third kappa shape index (κ3) is 4.56. The van der Waals surface area contributed by atoms with Crippen LogP contribution in [0.3, 0.4) is 0 Å². The molecule has 2 heterocycles. The van der Waals surface area contributed by atoms with Crippen molar-refractivity contribution in [3.8, 4) is 17.1 Å². The van der Waals surface area contributed by atoms with Gasteiger partial charge in [0.05, 0.1) is 7.11 Å². The quantitative estimate of drug-likeness (QED) is 0.805. The van der Waals surface area contributed by atoms with Gasteiger partial charge >= 0.3 is 6.09 Å². The van der Waals surface area contributed by atoms with Crippen LogP contribution in [0.25, 0.3) is 11.4 Å². The summed E-state index contributed by atoms with van der Waals surface area (Å²) in [5.74, 6) is 0.586. The topological polar surface area (TPSA) is 77.7 Å². The van der Waals surface area contributed by atoms with Gasteiger partial charge in [0.2, 0.25) is 11.7 Å². The fourth-order valence-corrected chi connectivity index (χ4v) is 2.96. The van der Waals surface area contributed by atoms with Crippen molar-refractivity contribution in [2.45, 2.75) is 45.1 Å². The largest absolute Gasteiger partial charge is 0.494 e. The number of aromatic nitrogens is 2. The Balaban J connectivity index is 1.63. The van der Waals surface area contributed by atoms with Gasteiger partial charge in [0, 0.05) is 24.6 Å². The SMILES string of the molecule is COc1ccc(-c2noc(C3CCN(C(=O)OC(C)(C)C)CC3)n2)cc1F. The number of methoxy groups -OCH3 is 1. The molecule has 0 atom stereocenters. The number of carbonyl (C=O) groups is 1. The zero-order chi connectivity index (χ0) is 19.6. The molecule has 1 aliphatic rings. The summed E-state index contributed by atoms with van der Waals surface area (Å²) >= 11 is 0. The lowest BCUT2D eigenvalue weighted by atomic mass is 9.97. The monoisotopic (exact) mass is 377 g/mol. The molecule has 146 valence electrons. The first kappa shape index (κ1) is 19.1. The van der Waals surface area contributed by atoms with Crippen LogP contribution >= 0.6 is 0 Å². The minimum atomic E-state index is -0.511. The van der Waals surface area contributed by atoms with Crippen molar-refractivity contribution in [2.24, 2.45) is 0 Å². The molecule has 0 aliphatic carbocycles. The predicted molar refractivity (Wildman–Crippen MR) is 96.0 cm³/mol. The van der Waals surface area contributed by atoms with Crippen LogP contribution in [0.15, 0.2) is 22.7 Å². The van der Waals surface area contributed by atoms with Gasteiger partial charge in [-0.15, -0.1) is 0 Å². The molecule has 1 aromatic carbocycles. The number of likely N-dealkylation sites (tertiary alicyclic amines) is 1. The molecule has 0 radical (unpaired) electrons. The van der Waals surface area contributed by atoms with E-state index < -0.39 is 11.4 Å². The lowest BCUT2D eigenvalue weighted by Gasteiger charge is -2.32. The lowest BCUT2D eigenvalue weighted by molar-refractivity contribution is 0.0198. The van der Waals surface area contributed by atoms with Gasteiger partial charge < -0.3 is 18.9 Å². The molecule has 1 aliphatic heterocycles. The molecule has 1 saturated heterocycles. The minimum absolute atomic E-state index is 0.0630. The van der Waals surface area contributed by atoms with Crippen molar-refractivity contribution in [3.05, 3.63) is 29.9 Å². The van der Waals surface area contributed by atoms with Gasteiger partial charge in [0.15, 0.2) is 11.6 Å². The van der Waals surface area contributed by atoms with E-state index in [0.717, 1.165) is 0 Å². The van der Waals surface area contributed by atoms with Gasteiger partial charge in [-0.3, -0.25) is 0 Å². The molecule has 0 saturated carbocycles. The maximum Gasteiger partial charge on any atom is 0.410 e. The molecule has 3 rings (SSSR count). The zero-order valence-corrected chi connectivity index (χ0v) is 16.0. The fraction of sp³-hybridized carbons (Fsp3) is 0.526. The second-order valence-electron chi connectivity index (χ2n) is 7.55. The number of halogens is 1. The summed E-state index contributed by atoms with van der Waals surface area (Å²) in [6.07, 6.45) is 1.11. The number of ether oxygens (including phenoxy) is 2. The molecule has 1 aromatic heterocycles. The van der Waals surface area contributed by atoms with Crippen molar-refractivity contribution in [1.82, 2.24) is 15.0 Å². The summed E-state index contributed by atoms with van der Waals surface area (Å²) in [6.45, 7) is 6.67. The Bertz CT molecular complexity index is 808. The van der Waals surface area contributed by atoms with E-state index in [1.807, 2.05) is 20.8 Å². The van der Waals surface area contributed by atoms with Crippen LogP contribution in [0.5, 0.6) is 5.75 Å². The molecule has 7 nitrogen and oxygen atoms in total. The van der Waals surface area contributed by atoms with E-state index in [1.54, 1.807) is 11.0 Å². The lowest BCUT2D eigenvalue weighted by Crippen LogP contribution is -2.41. The normalized spacial score (nSPS) is 15.7. The molecule has 0 unspecified atom stereocenters. The number of hydrogen-bond donors (Lipinski definition) is 0. The molecule has 0 bridgehead atoms. The maximum atomic E-state index is 13.9. The van der Waals surface area contributed by atoms with Crippen LogP contribution in [0.4, 0.5) is 9.18 Å². The van der Waals surface area contributed by atoms with E-state index >= 15 is 0 Å². The van der Waals surface area contributed by atoms with Gasteiger partial charge in [-0.2, -0.15) is 4.98 Å². The average molecular weight is 377 g/mol. The zero-order valence-electron chi connectivity index (χ0n) is 16.0. The van der Waals surface area contributed by atoms with E-state index in [4.69, 9.17) is 14.0 Å². The van der Waals surface area contributed by atoms with E-state index in [9.17, 15) is 9.18 Å². The highest BCUT2D eigenvalue weighted by Crippen LogP contribution is 2.30. The molecular formula is C19H24FN3O4. The third-order valence-corrected chi connectivity index (χ3v) is 4.35. The van der Waals surface area contributed by atoms with Gasteiger partial charge in [0.1, 0.15) is 5.60 Å². The second-order valence-corrected chi connectivity index (χ2v) is 7.55. The Morgan fingerprint density at radius 1 is 1.30 bits per heavy atom. The number of benzene rings is 1. The van der Waals surface area contributed by atoms with Crippen molar-refractivity contribution >= 4 is 6.09 Å². The first-order valence-corrected chi connectivity index (χ1v) is 8.92. The number of amides is 1. The standard InChI is InChI=1S/C19H24FN3O4/c1-19(2,3)26-18(24)23-9-7-12(8-10-23)17-21-16(22-27-17)13-5-6-15(25-4)14(20)11-13/h5-6,11-12H,7-10H2,1-4H3. The van der Waals surface area contributed by atoms with E-state index in [0.29, 0.717) is 43.2 Å². The minimum Gasteiger partial charge on any atom is -0.494 e. The highest BCUT2D eigenvalue weighted by molar-refractivity contribution is 5.68. The van der Waals surface area contributed by atoms with Crippen LogP contribution in [-0.4, -0.2) is 46.9 Å². The summed E-state index contributed by atoms with van der Waals surface area (Å²) in [5, 5.41) is 3.96. The second kappa shape index (κ2) is 7.54. The Morgan fingerprint density at radius 2 is 2.00 bits per heavy atom. The first-order chi connectivity index (χ1) is 12.8. The maximum absolute atomic E-state index is 13.9. The molecular weight excluding hydrogens is 353 g/mol. The van der Waals surface area contributed by atoms with Gasteiger partial charge in [-0.05, 0) is 51.8 Å². The number of piperidine rings is 1. The summed E-state index contributed by atoms with van der Waals surface area (Å²) in [5.41, 5.74) is 0.0117. The van der Waals surface area contributed by atoms with Crippen molar-refractivity contribution in [1.29, 1.82) is 0 Å². The predicted octanol–water partition coefficient (Wildman–Crippen LogP) is 4.00. The van der Waals surface area contributed by atoms with Crippen LogP contribution in [0, 0.1) is 5.82 Å². The Labute approximate surface area is 157 Å².